The topological polar surface area (TPSA) is 90.0 Å². The Kier molecular flexibility index (Phi) is 5.84. The zero-order valence-corrected chi connectivity index (χ0v) is 15.5. The molecular formula is C17H23NO6S. The van der Waals surface area contributed by atoms with E-state index in [0.717, 1.165) is 12.8 Å². The summed E-state index contributed by atoms with van der Waals surface area (Å²) in [6.07, 6.45) is 1.71. The Bertz CT molecular complexity index is 727. The molecule has 138 valence electrons. The maximum absolute atomic E-state index is 12.4. The molecule has 1 saturated heterocycles. The number of rotatable bonds is 5. The van der Waals surface area contributed by atoms with Crippen molar-refractivity contribution >= 4 is 22.0 Å². The van der Waals surface area contributed by atoms with Crippen molar-refractivity contribution in [2.45, 2.75) is 44.1 Å². The van der Waals surface area contributed by atoms with Gasteiger partial charge in [-0.05, 0) is 57.9 Å². The van der Waals surface area contributed by atoms with Crippen LogP contribution in [0.2, 0.25) is 0 Å². The molecule has 1 aromatic rings. The third-order valence-corrected chi connectivity index (χ3v) is 5.45. The Hall–Kier alpha value is -1.93. The summed E-state index contributed by atoms with van der Waals surface area (Å²) in [5, 5.41) is 0. The van der Waals surface area contributed by atoms with Crippen molar-refractivity contribution in [1.29, 1.82) is 0 Å². The molecule has 0 aliphatic carbocycles. The number of hydrogen-bond donors (Lipinski definition) is 0. The molecule has 1 aliphatic rings. The molecule has 0 spiro atoms. The highest BCUT2D eigenvalue weighted by molar-refractivity contribution is 7.89. The summed E-state index contributed by atoms with van der Waals surface area (Å²) in [6.45, 7) is 5.68. The van der Waals surface area contributed by atoms with E-state index in [-0.39, 0.29) is 10.5 Å². The van der Waals surface area contributed by atoms with E-state index in [4.69, 9.17) is 9.47 Å². The predicted molar refractivity (Wildman–Crippen MR) is 90.6 cm³/mol. The first-order chi connectivity index (χ1) is 11.6. The molecule has 1 aromatic carbocycles. The number of ether oxygens (including phenoxy) is 2. The maximum Gasteiger partial charge on any atom is 0.344 e. The van der Waals surface area contributed by atoms with Crippen LogP contribution in [0.1, 0.15) is 44.0 Å². The Balaban J connectivity index is 1.97. The lowest BCUT2D eigenvalue weighted by atomic mass is 10.2. The van der Waals surface area contributed by atoms with E-state index in [1.165, 1.54) is 28.6 Å². The van der Waals surface area contributed by atoms with Gasteiger partial charge in [-0.3, -0.25) is 0 Å². The average molecular weight is 369 g/mol. The zero-order valence-electron chi connectivity index (χ0n) is 14.6. The van der Waals surface area contributed by atoms with Gasteiger partial charge in [-0.1, -0.05) is 0 Å². The lowest BCUT2D eigenvalue weighted by Gasteiger charge is -2.19. The minimum Gasteiger partial charge on any atom is -0.457 e. The van der Waals surface area contributed by atoms with Gasteiger partial charge < -0.3 is 9.47 Å². The molecule has 0 aromatic heterocycles. The molecule has 1 aliphatic heterocycles. The van der Waals surface area contributed by atoms with Crippen molar-refractivity contribution in [2.24, 2.45) is 0 Å². The number of carbonyl (C=O) groups excluding carboxylic acids is 2. The van der Waals surface area contributed by atoms with Crippen molar-refractivity contribution in [2.75, 3.05) is 19.7 Å². The Morgan fingerprint density at radius 3 is 2.16 bits per heavy atom. The van der Waals surface area contributed by atoms with Gasteiger partial charge >= 0.3 is 11.9 Å². The van der Waals surface area contributed by atoms with Crippen molar-refractivity contribution in [3.63, 3.8) is 0 Å². The van der Waals surface area contributed by atoms with E-state index in [2.05, 4.69) is 0 Å². The number of carbonyl (C=O) groups is 2. The Labute approximate surface area is 148 Å². The summed E-state index contributed by atoms with van der Waals surface area (Å²) in [5.74, 6) is -1.36. The van der Waals surface area contributed by atoms with Crippen LogP contribution in [0, 0.1) is 0 Å². The van der Waals surface area contributed by atoms with Crippen LogP contribution < -0.4 is 0 Å². The first-order valence-electron chi connectivity index (χ1n) is 8.09. The number of hydrogen-bond acceptors (Lipinski definition) is 6. The first-order valence-corrected chi connectivity index (χ1v) is 9.53. The molecule has 0 N–H and O–H groups in total. The lowest BCUT2D eigenvalue weighted by Crippen LogP contribution is -2.28. The summed E-state index contributed by atoms with van der Waals surface area (Å²) in [5.41, 5.74) is -0.487. The van der Waals surface area contributed by atoms with Gasteiger partial charge in [-0.25, -0.2) is 18.0 Å². The number of esters is 2. The minimum absolute atomic E-state index is 0.137. The lowest BCUT2D eigenvalue weighted by molar-refractivity contribution is -0.158. The van der Waals surface area contributed by atoms with Crippen molar-refractivity contribution < 1.29 is 27.5 Å². The fraction of sp³-hybridized carbons (Fsp3) is 0.529. The van der Waals surface area contributed by atoms with Crippen molar-refractivity contribution in [1.82, 2.24) is 4.31 Å². The molecule has 0 amide bonds. The second-order valence-electron chi connectivity index (χ2n) is 6.80. The van der Waals surface area contributed by atoms with Crippen molar-refractivity contribution in [3.8, 4) is 0 Å². The molecular weight excluding hydrogens is 346 g/mol. The predicted octanol–water partition coefficient (Wildman–Crippen LogP) is 1.97. The number of nitrogens with zero attached hydrogens (tertiary/aromatic N) is 1. The first kappa shape index (κ1) is 19.4. The molecule has 0 atom stereocenters. The summed E-state index contributed by atoms with van der Waals surface area (Å²) in [6, 6.07) is 5.50. The quantitative estimate of drug-likeness (QED) is 0.737. The second-order valence-corrected chi connectivity index (χ2v) is 8.74. The van der Waals surface area contributed by atoms with Crippen LogP contribution in [-0.2, 0) is 24.3 Å². The smallest absolute Gasteiger partial charge is 0.344 e. The summed E-state index contributed by atoms with van der Waals surface area (Å²) in [4.78, 5) is 23.6. The molecule has 8 heteroatoms. The minimum atomic E-state index is -3.52. The Morgan fingerprint density at radius 1 is 1.08 bits per heavy atom. The summed E-state index contributed by atoms with van der Waals surface area (Å²) >= 11 is 0. The van der Waals surface area contributed by atoms with E-state index >= 15 is 0 Å². The van der Waals surface area contributed by atoms with Gasteiger partial charge in [-0.15, -0.1) is 0 Å². The van der Waals surface area contributed by atoms with E-state index < -0.39 is 34.2 Å². The van der Waals surface area contributed by atoms with Gasteiger partial charge in [0.2, 0.25) is 10.0 Å². The van der Waals surface area contributed by atoms with Gasteiger partial charge in [0.1, 0.15) is 5.60 Å². The standard InChI is InChI=1S/C17H23NO6S/c1-17(2,3)24-15(19)12-23-16(20)13-6-8-14(9-7-13)25(21,22)18-10-4-5-11-18/h6-9H,4-5,10-12H2,1-3H3. The van der Waals surface area contributed by atoms with Crippen LogP contribution in [0.4, 0.5) is 0 Å². The molecule has 1 heterocycles. The molecule has 0 unspecified atom stereocenters. The molecule has 0 bridgehead atoms. The summed E-state index contributed by atoms with van der Waals surface area (Å²) in [7, 11) is -3.52. The number of sulfonamides is 1. The highest BCUT2D eigenvalue weighted by Crippen LogP contribution is 2.21. The van der Waals surface area contributed by atoms with Crippen LogP contribution >= 0.6 is 0 Å². The van der Waals surface area contributed by atoms with Crippen LogP contribution in [0.5, 0.6) is 0 Å². The van der Waals surface area contributed by atoms with E-state index in [9.17, 15) is 18.0 Å². The van der Waals surface area contributed by atoms with Crippen molar-refractivity contribution in [3.05, 3.63) is 29.8 Å². The van der Waals surface area contributed by atoms with Gasteiger partial charge in [0.05, 0.1) is 10.5 Å². The number of benzene rings is 1. The monoisotopic (exact) mass is 369 g/mol. The van der Waals surface area contributed by atoms with Gasteiger partial charge in [0.25, 0.3) is 0 Å². The normalized spacial score (nSPS) is 15.8. The molecule has 7 nitrogen and oxygen atoms in total. The SMILES string of the molecule is CC(C)(C)OC(=O)COC(=O)c1ccc(S(=O)(=O)N2CCCC2)cc1. The third kappa shape index (κ3) is 5.27. The Morgan fingerprint density at radius 2 is 1.64 bits per heavy atom. The molecule has 2 rings (SSSR count). The van der Waals surface area contributed by atoms with E-state index in [1.807, 2.05) is 0 Å². The molecule has 0 radical (unpaired) electrons. The van der Waals surface area contributed by atoms with Gasteiger partial charge in [0.15, 0.2) is 6.61 Å². The van der Waals surface area contributed by atoms with Gasteiger partial charge in [0, 0.05) is 13.1 Å². The highest BCUT2D eigenvalue weighted by Gasteiger charge is 2.27. The average Bonchev–Trinajstić information content (AvgIpc) is 3.06. The highest BCUT2D eigenvalue weighted by atomic mass is 32.2. The molecule has 0 saturated carbocycles. The summed E-state index contributed by atoms with van der Waals surface area (Å²) < 4.78 is 36.2. The zero-order chi connectivity index (χ0) is 18.7. The molecule has 25 heavy (non-hydrogen) atoms. The third-order valence-electron chi connectivity index (χ3n) is 3.53. The van der Waals surface area contributed by atoms with E-state index in [0.29, 0.717) is 13.1 Å². The molecule has 1 fully saturated rings. The van der Waals surface area contributed by atoms with Crippen LogP contribution in [-0.4, -0.2) is 50.0 Å². The van der Waals surface area contributed by atoms with Crippen LogP contribution in [0.3, 0.4) is 0 Å². The fourth-order valence-electron chi connectivity index (χ4n) is 2.42. The van der Waals surface area contributed by atoms with Crippen LogP contribution in [0.15, 0.2) is 29.2 Å². The fourth-order valence-corrected chi connectivity index (χ4v) is 3.94. The largest absolute Gasteiger partial charge is 0.457 e. The van der Waals surface area contributed by atoms with E-state index in [1.54, 1.807) is 20.8 Å². The van der Waals surface area contributed by atoms with Gasteiger partial charge in [-0.2, -0.15) is 4.31 Å². The maximum atomic E-state index is 12.4. The van der Waals surface area contributed by atoms with Crippen LogP contribution in [0.25, 0.3) is 0 Å². The second kappa shape index (κ2) is 7.53.